The van der Waals surface area contributed by atoms with Crippen molar-refractivity contribution in [3.8, 4) is 17.2 Å². The molecule has 1 saturated carbocycles. The molecule has 2 aliphatic rings. The molecule has 1 aliphatic carbocycles. The molecule has 10 nitrogen and oxygen atoms in total. The normalized spacial score (nSPS) is 21.9. The largest absolute Gasteiger partial charge is 0.383 e. The first kappa shape index (κ1) is 29.1. The van der Waals surface area contributed by atoms with Crippen molar-refractivity contribution in [2.24, 2.45) is 11.3 Å². The summed E-state index contributed by atoms with van der Waals surface area (Å²) in [5.41, 5.74) is 2.87. The van der Waals surface area contributed by atoms with Crippen LogP contribution in [0, 0.1) is 22.7 Å². The average Bonchev–Trinajstić information content (AvgIpc) is 3.59. The zero-order valence-corrected chi connectivity index (χ0v) is 25.4. The van der Waals surface area contributed by atoms with E-state index in [1.165, 1.54) is 18.5 Å². The number of rotatable bonds is 8. The Hall–Kier alpha value is -3.45. The van der Waals surface area contributed by atoms with Gasteiger partial charge in [-0.2, -0.15) is 10.4 Å². The number of hydrogen-bond donors (Lipinski definition) is 1. The third-order valence-corrected chi connectivity index (χ3v) is 9.18. The predicted molar refractivity (Wildman–Crippen MR) is 158 cm³/mol. The van der Waals surface area contributed by atoms with Gasteiger partial charge in [0, 0.05) is 55.2 Å². The third kappa shape index (κ3) is 5.82. The molecule has 1 aliphatic heterocycles. The van der Waals surface area contributed by atoms with Gasteiger partial charge in [-0.3, -0.25) is 9.48 Å². The second kappa shape index (κ2) is 11.4. The van der Waals surface area contributed by atoms with Crippen molar-refractivity contribution < 1.29 is 9.53 Å². The lowest BCUT2D eigenvalue weighted by atomic mass is 9.81. The first-order valence-corrected chi connectivity index (χ1v) is 14.9. The standard InChI is InChI=1S/C31H44N8O2/c1-21-7-9-23(10-8-21)26-15-25(27-17-33-29(36-39(26)27)35-22(2)19-41-6)24-16-34-38(18-24)30(3,4)28(40)37-13-11-31(5,20-32)12-14-37/h15-18,21-23H,7-14,19H2,1-6H3,(H,35,36)/t21?,22-,23?/m0/s1. The Kier molecular flexibility index (Phi) is 8.11. The summed E-state index contributed by atoms with van der Waals surface area (Å²) < 4.78 is 9.11. The fourth-order valence-corrected chi connectivity index (χ4v) is 6.24. The predicted octanol–water partition coefficient (Wildman–Crippen LogP) is 5.22. The van der Waals surface area contributed by atoms with Gasteiger partial charge in [0.2, 0.25) is 11.9 Å². The van der Waals surface area contributed by atoms with Crippen LogP contribution >= 0.6 is 0 Å². The summed E-state index contributed by atoms with van der Waals surface area (Å²) >= 11 is 0. The van der Waals surface area contributed by atoms with E-state index in [-0.39, 0.29) is 17.4 Å². The summed E-state index contributed by atoms with van der Waals surface area (Å²) in [6, 6.07) is 4.74. The fraction of sp³-hybridized carbons (Fsp3) is 0.645. The van der Waals surface area contributed by atoms with Crippen molar-refractivity contribution >= 4 is 17.4 Å². The molecule has 1 atom stereocenters. The number of likely N-dealkylation sites (tertiary alicyclic amines) is 1. The number of methoxy groups -OCH3 is 1. The van der Waals surface area contributed by atoms with Crippen LogP contribution in [-0.2, 0) is 15.1 Å². The number of hydrogen-bond acceptors (Lipinski definition) is 7. The molecular formula is C31H44N8O2. The zero-order valence-electron chi connectivity index (χ0n) is 25.4. The van der Waals surface area contributed by atoms with E-state index in [9.17, 15) is 10.1 Å². The van der Waals surface area contributed by atoms with Crippen LogP contribution in [0.2, 0.25) is 0 Å². The minimum Gasteiger partial charge on any atom is -0.383 e. The van der Waals surface area contributed by atoms with Gasteiger partial charge in [0.25, 0.3) is 0 Å². The van der Waals surface area contributed by atoms with Crippen LogP contribution in [0.5, 0.6) is 0 Å². The number of ether oxygens (including phenoxy) is 1. The van der Waals surface area contributed by atoms with Crippen LogP contribution in [0.15, 0.2) is 24.7 Å². The second-order valence-electron chi connectivity index (χ2n) is 13.0. The van der Waals surface area contributed by atoms with E-state index in [2.05, 4.69) is 39.0 Å². The molecule has 5 rings (SSSR count). The number of piperidine rings is 1. The Morgan fingerprint density at radius 1 is 1.24 bits per heavy atom. The van der Waals surface area contributed by atoms with Crippen molar-refractivity contribution in [3.05, 3.63) is 30.4 Å². The van der Waals surface area contributed by atoms with Crippen LogP contribution in [0.3, 0.4) is 0 Å². The Labute approximate surface area is 243 Å². The van der Waals surface area contributed by atoms with E-state index < -0.39 is 5.54 Å². The topological polar surface area (TPSA) is 113 Å². The number of nitriles is 1. The number of nitrogens with one attached hydrogen (secondary N) is 1. The van der Waals surface area contributed by atoms with Gasteiger partial charge < -0.3 is 15.0 Å². The number of carbonyl (C=O) groups excluding carboxylic acids is 1. The van der Waals surface area contributed by atoms with E-state index in [0.29, 0.717) is 44.4 Å². The molecule has 4 heterocycles. The highest BCUT2D eigenvalue weighted by molar-refractivity contribution is 5.85. The minimum atomic E-state index is -0.860. The summed E-state index contributed by atoms with van der Waals surface area (Å²) in [5.74, 6) is 1.78. The maximum atomic E-state index is 13.6. The fourth-order valence-electron chi connectivity index (χ4n) is 6.24. The van der Waals surface area contributed by atoms with Gasteiger partial charge in [-0.05, 0) is 65.4 Å². The minimum absolute atomic E-state index is 0.0233. The molecule has 220 valence electrons. The van der Waals surface area contributed by atoms with E-state index in [4.69, 9.17) is 9.84 Å². The SMILES string of the molecule is COC[C@H](C)Nc1ncc2c(-c3cnn(C(C)(C)C(=O)N4CCC(C)(C#N)CC4)c3)cc(C3CCC(C)CC3)n2n1. The van der Waals surface area contributed by atoms with Gasteiger partial charge in [-0.25, -0.2) is 9.50 Å². The summed E-state index contributed by atoms with van der Waals surface area (Å²) in [6.45, 7) is 11.9. The first-order chi connectivity index (χ1) is 19.5. The molecule has 0 radical (unpaired) electrons. The van der Waals surface area contributed by atoms with Crippen LogP contribution < -0.4 is 5.32 Å². The first-order valence-electron chi connectivity index (χ1n) is 14.9. The summed E-state index contributed by atoms with van der Waals surface area (Å²) in [7, 11) is 1.69. The van der Waals surface area contributed by atoms with Crippen molar-refractivity contribution in [1.82, 2.24) is 29.3 Å². The lowest BCUT2D eigenvalue weighted by Gasteiger charge is -2.38. The van der Waals surface area contributed by atoms with Gasteiger partial charge in [0.1, 0.15) is 5.54 Å². The lowest BCUT2D eigenvalue weighted by Crippen LogP contribution is -2.51. The number of carbonyl (C=O) groups is 1. The molecule has 3 aromatic rings. The van der Waals surface area contributed by atoms with Gasteiger partial charge in [-0.1, -0.05) is 19.8 Å². The number of fused-ring (bicyclic) bond motifs is 1. The van der Waals surface area contributed by atoms with Crippen LogP contribution in [0.25, 0.3) is 16.6 Å². The average molecular weight is 561 g/mol. The molecule has 41 heavy (non-hydrogen) atoms. The monoisotopic (exact) mass is 560 g/mol. The highest BCUT2D eigenvalue weighted by Gasteiger charge is 2.39. The van der Waals surface area contributed by atoms with E-state index in [1.807, 2.05) is 51.2 Å². The molecular weight excluding hydrogens is 516 g/mol. The summed E-state index contributed by atoms with van der Waals surface area (Å²) in [5, 5.41) is 22.4. The van der Waals surface area contributed by atoms with Gasteiger partial charge in [0.05, 0.1) is 36.0 Å². The molecule has 0 spiro atoms. The Bertz CT molecular complexity index is 1420. The van der Waals surface area contributed by atoms with Gasteiger partial charge in [-0.15, -0.1) is 5.10 Å². The smallest absolute Gasteiger partial charge is 0.249 e. The molecule has 3 aromatic heterocycles. The third-order valence-electron chi connectivity index (χ3n) is 9.18. The van der Waals surface area contributed by atoms with E-state index in [1.54, 1.807) is 11.8 Å². The number of nitrogens with zero attached hydrogens (tertiary/aromatic N) is 7. The van der Waals surface area contributed by atoms with Crippen molar-refractivity contribution in [1.29, 1.82) is 5.26 Å². The molecule has 0 bridgehead atoms. The van der Waals surface area contributed by atoms with Crippen LogP contribution in [0.1, 0.15) is 84.8 Å². The lowest BCUT2D eigenvalue weighted by molar-refractivity contribution is -0.141. The van der Waals surface area contributed by atoms with Gasteiger partial charge >= 0.3 is 0 Å². The van der Waals surface area contributed by atoms with E-state index >= 15 is 0 Å². The number of amides is 1. The molecule has 1 N–H and O–H groups in total. The molecule has 0 aromatic carbocycles. The molecule has 1 saturated heterocycles. The van der Waals surface area contributed by atoms with Crippen molar-refractivity contribution in [2.45, 2.75) is 90.6 Å². The molecule has 2 fully saturated rings. The number of anilines is 1. The second-order valence-corrected chi connectivity index (χ2v) is 13.0. The summed E-state index contributed by atoms with van der Waals surface area (Å²) in [4.78, 5) is 20.1. The maximum absolute atomic E-state index is 13.6. The highest BCUT2D eigenvalue weighted by Crippen LogP contribution is 2.39. The zero-order chi connectivity index (χ0) is 29.4. The van der Waals surface area contributed by atoms with Crippen LogP contribution in [0.4, 0.5) is 5.95 Å². The maximum Gasteiger partial charge on any atom is 0.249 e. The Morgan fingerprint density at radius 3 is 2.61 bits per heavy atom. The van der Waals surface area contributed by atoms with Crippen molar-refractivity contribution in [2.75, 3.05) is 32.1 Å². The molecule has 1 amide bonds. The Balaban J connectivity index is 1.45. The molecule has 10 heteroatoms. The Morgan fingerprint density at radius 2 is 1.95 bits per heavy atom. The summed E-state index contributed by atoms with van der Waals surface area (Å²) in [6.07, 6.45) is 11.8. The van der Waals surface area contributed by atoms with Gasteiger partial charge in [0.15, 0.2) is 0 Å². The highest BCUT2D eigenvalue weighted by atomic mass is 16.5. The van der Waals surface area contributed by atoms with E-state index in [0.717, 1.165) is 35.4 Å². The molecule has 0 unspecified atom stereocenters. The number of aromatic nitrogens is 5. The quantitative estimate of drug-likeness (QED) is 0.402. The van der Waals surface area contributed by atoms with Crippen molar-refractivity contribution in [3.63, 3.8) is 0 Å². The van der Waals surface area contributed by atoms with Crippen LogP contribution in [-0.4, -0.2) is 68.0 Å².